The molecule has 3 heterocycles. The van der Waals surface area contributed by atoms with E-state index in [0.29, 0.717) is 5.56 Å². The molecule has 0 bridgehead atoms. The van der Waals surface area contributed by atoms with Crippen molar-refractivity contribution in [3.63, 3.8) is 0 Å². The Morgan fingerprint density at radius 1 is 0.338 bits per heavy atom. The summed E-state index contributed by atoms with van der Waals surface area (Å²) < 4.78 is 0. The molecule has 68 heavy (non-hydrogen) atoms. The van der Waals surface area contributed by atoms with E-state index in [1.165, 1.54) is 16.7 Å². The molecule has 0 N–H and O–H groups in total. The number of nitriles is 1. The van der Waals surface area contributed by atoms with Crippen molar-refractivity contribution >= 4 is 0 Å². The largest absolute Gasteiger partial charge is 0.256 e. The van der Waals surface area contributed by atoms with Gasteiger partial charge in [-0.05, 0) is 170 Å². The number of hydrogen-bond donors (Lipinski definition) is 0. The summed E-state index contributed by atoms with van der Waals surface area (Å²) in [4.78, 5) is 14.0. The Morgan fingerprint density at radius 2 is 0.735 bits per heavy atom. The minimum absolute atomic E-state index is 0.0316. The zero-order chi connectivity index (χ0) is 46.8. The van der Waals surface area contributed by atoms with E-state index in [1.807, 2.05) is 48.9 Å². The summed E-state index contributed by atoms with van der Waals surface area (Å²) in [6.45, 7) is 11.0. The number of benzene rings is 7. The third-order valence-corrected chi connectivity index (χ3v) is 13.0. The van der Waals surface area contributed by atoms with Crippen LogP contribution >= 0.6 is 0 Å². The fourth-order valence-corrected chi connectivity index (χ4v) is 9.41. The molecule has 0 aliphatic carbocycles. The fraction of sp³-hybridized carbons (Fsp3) is 0.0938. The van der Waals surface area contributed by atoms with Gasteiger partial charge in [-0.2, -0.15) is 5.26 Å². The van der Waals surface area contributed by atoms with Gasteiger partial charge in [0.05, 0.1) is 28.7 Å². The number of hydrogen-bond acceptors (Lipinski definition) is 4. The summed E-state index contributed by atoms with van der Waals surface area (Å²) in [7, 11) is 0. The van der Waals surface area contributed by atoms with Gasteiger partial charge in [0.2, 0.25) is 0 Å². The van der Waals surface area contributed by atoms with Crippen LogP contribution in [0.4, 0.5) is 0 Å². The molecule has 326 valence electrons. The second-order valence-corrected chi connectivity index (χ2v) is 18.5. The van der Waals surface area contributed by atoms with Crippen LogP contribution in [0.3, 0.4) is 0 Å². The first-order chi connectivity index (χ1) is 33.1. The van der Waals surface area contributed by atoms with Crippen LogP contribution in [0.5, 0.6) is 0 Å². The Labute approximate surface area is 400 Å². The molecule has 0 amide bonds. The maximum Gasteiger partial charge on any atom is 0.0998 e. The standard InChI is InChI=1S/C64H50N4/c1-42-34-44(61-22-12-14-31-66-61)24-27-52(42)58-19-9-6-16-54(58)47-37-48(55-17-7-10-20-59(55)53-28-25-45(35-43(53)2)62-23-13-15-32-67-62)39-49(38-47)56-18-8-11-21-60(56)57-29-26-46(36-50(57)41-65)63-40-51(30-33-68-63)64(3,4)5/h6-40H,1-5H3. The first-order valence-electron chi connectivity index (χ1n) is 23.1. The number of aryl methyl sites for hydroxylation is 2. The molecule has 0 saturated heterocycles. The quantitative estimate of drug-likeness (QED) is 0.145. The van der Waals surface area contributed by atoms with Gasteiger partial charge in [0.15, 0.2) is 0 Å². The van der Waals surface area contributed by atoms with Crippen LogP contribution in [0.1, 0.15) is 43.0 Å². The van der Waals surface area contributed by atoms with Gasteiger partial charge in [-0.25, -0.2) is 0 Å². The van der Waals surface area contributed by atoms with E-state index in [9.17, 15) is 5.26 Å². The first-order valence-corrected chi connectivity index (χ1v) is 23.1. The lowest BCUT2D eigenvalue weighted by Gasteiger charge is -2.20. The Kier molecular flexibility index (Phi) is 11.7. The lowest BCUT2D eigenvalue weighted by atomic mass is 9.84. The number of rotatable bonds is 9. The second kappa shape index (κ2) is 18.4. The van der Waals surface area contributed by atoms with Gasteiger partial charge >= 0.3 is 0 Å². The highest BCUT2D eigenvalue weighted by atomic mass is 14.7. The van der Waals surface area contributed by atoms with E-state index in [0.717, 1.165) is 101 Å². The number of aromatic nitrogens is 3. The molecule has 0 saturated carbocycles. The average Bonchev–Trinajstić information content (AvgIpc) is 3.38. The van der Waals surface area contributed by atoms with E-state index in [2.05, 4.69) is 214 Å². The molecule has 0 radical (unpaired) electrons. The molecule has 4 heteroatoms. The van der Waals surface area contributed by atoms with Crippen molar-refractivity contribution in [2.75, 3.05) is 0 Å². The zero-order valence-corrected chi connectivity index (χ0v) is 39.0. The summed E-state index contributed by atoms with van der Waals surface area (Å²) in [5.41, 5.74) is 23.0. The van der Waals surface area contributed by atoms with Gasteiger partial charge in [-0.3, -0.25) is 15.0 Å². The van der Waals surface area contributed by atoms with Crippen molar-refractivity contribution in [1.82, 2.24) is 15.0 Å². The Bertz CT molecular complexity index is 3370. The van der Waals surface area contributed by atoms with Crippen molar-refractivity contribution < 1.29 is 0 Å². The monoisotopic (exact) mass is 874 g/mol. The summed E-state index contributed by atoms with van der Waals surface area (Å²) in [6.07, 6.45) is 5.55. The Balaban J connectivity index is 1.15. The van der Waals surface area contributed by atoms with Crippen molar-refractivity contribution in [2.24, 2.45) is 0 Å². The fourth-order valence-electron chi connectivity index (χ4n) is 9.41. The van der Waals surface area contributed by atoms with Gasteiger partial charge in [-0.15, -0.1) is 0 Å². The van der Waals surface area contributed by atoms with E-state index in [-0.39, 0.29) is 5.41 Å². The van der Waals surface area contributed by atoms with E-state index < -0.39 is 0 Å². The smallest absolute Gasteiger partial charge is 0.0998 e. The van der Waals surface area contributed by atoms with E-state index in [4.69, 9.17) is 4.98 Å². The highest BCUT2D eigenvalue weighted by Gasteiger charge is 2.20. The molecule has 0 unspecified atom stereocenters. The van der Waals surface area contributed by atoms with Crippen LogP contribution in [0, 0.1) is 25.2 Å². The third-order valence-electron chi connectivity index (χ3n) is 13.0. The molecule has 4 nitrogen and oxygen atoms in total. The molecule has 0 aliphatic heterocycles. The SMILES string of the molecule is Cc1cc(-c2ccccn2)ccc1-c1ccccc1-c1cc(-c2ccccc2-c2ccc(-c3ccccn3)cc2C)cc(-c2ccccc2-c2ccc(-c3cc(C(C)(C)C)ccn3)cc2C#N)c1. The van der Waals surface area contributed by atoms with Crippen LogP contribution in [0.15, 0.2) is 213 Å². The highest BCUT2D eigenvalue weighted by molar-refractivity contribution is 5.95. The maximum absolute atomic E-state index is 10.8. The molecular weight excluding hydrogens is 825 g/mol. The maximum atomic E-state index is 10.8. The van der Waals surface area contributed by atoms with Crippen molar-refractivity contribution in [3.05, 3.63) is 235 Å². The molecule has 10 rings (SSSR count). The topological polar surface area (TPSA) is 62.5 Å². The Hall–Kier alpha value is -8.52. The zero-order valence-electron chi connectivity index (χ0n) is 39.0. The Morgan fingerprint density at radius 3 is 1.15 bits per heavy atom. The second-order valence-electron chi connectivity index (χ2n) is 18.5. The molecule has 3 aromatic heterocycles. The van der Waals surface area contributed by atoms with Crippen LogP contribution in [-0.4, -0.2) is 15.0 Å². The molecule has 0 fully saturated rings. The van der Waals surface area contributed by atoms with Gasteiger partial charge in [-0.1, -0.05) is 142 Å². The van der Waals surface area contributed by atoms with Gasteiger partial charge < -0.3 is 0 Å². The molecule has 10 aromatic rings. The number of nitrogens with zero attached hydrogens (tertiary/aromatic N) is 4. The van der Waals surface area contributed by atoms with E-state index >= 15 is 0 Å². The number of pyridine rings is 3. The van der Waals surface area contributed by atoms with Crippen LogP contribution in [0.2, 0.25) is 0 Å². The highest BCUT2D eigenvalue weighted by Crippen LogP contribution is 2.44. The third kappa shape index (κ3) is 8.66. The predicted molar refractivity (Wildman–Crippen MR) is 282 cm³/mol. The van der Waals surface area contributed by atoms with Gasteiger partial charge in [0, 0.05) is 40.8 Å². The molecule has 0 aliphatic rings. The molecule has 0 spiro atoms. The predicted octanol–water partition coefficient (Wildman–Crippen LogP) is 16.7. The summed E-state index contributed by atoms with van der Waals surface area (Å²) in [5.74, 6) is 0. The molecule has 0 atom stereocenters. The van der Waals surface area contributed by atoms with Crippen LogP contribution < -0.4 is 0 Å². The van der Waals surface area contributed by atoms with Gasteiger partial charge in [0.25, 0.3) is 0 Å². The van der Waals surface area contributed by atoms with Crippen LogP contribution in [-0.2, 0) is 5.41 Å². The summed E-state index contributed by atoms with van der Waals surface area (Å²) >= 11 is 0. The summed E-state index contributed by atoms with van der Waals surface area (Å²) in [6, 6.07) is 71.1. The summed E-state index contributed by atoms with van der Waals surface area (Å²) in [5, 5.41) is 10.8. The minimum Gasteiger partial charge on any atom is -0.256 e. The average molecular weight is 875 g/mol. The lowest BCUT2D eigenvalue weighted by Crippen LogP contribution is -2.11. The van der Waals surface area contributed by atoms with E-state index in [1.54, 1.807) is 0 Å². The minimum atomic E-state index is -0.0316. The molecule has 7 aromatic carbocycles. The normalized spacial score (nSPS) is 11.3. The van der Waals surface area contributed by atoms with Gasteiger partial charge in [0.1, 0.15) is 0 Å². The van der Waals surface area contributed by atoms with Crippen LogP contribution in [0.25, 0.3) is 101 Å². The lowest BCUT2D eigenvalue weighted by molar-refractivity contribution is 0.589. The van der Waals surface area contributed by atoms with Crippen molar-refractivity contribution in [2.45, 2.75) is 40.0 Å². The van der Waals surface area contributed by atoms with Crippen molar-refractivity contribution in [3.8, 4) is 107 Å². The van der Waals surface area contributed by atoms with Crippen molar-refractivity contribution in [1.29, 1.82) is 5.26 Å². The first kappa shape index (κ1) is 43.4. The molecular formula is C64H50N4.